The van der Waals surface area contributed by atoms with Crippen molar-refractivity contribution in [3.63, 3.8) is 0 Å². The highest BCUT2D eigenvalue weighted by Gasteiger charge is 2.36. The average Bonchev–Trinajstić information content (AvgIpc) is 2.91. The van der Waals surface area contributed by atoms with Crippen LogP contribution in [0.5, 0.6) is 0 Å². The normalized spacial score (nSPS) is 18.3. The van der Waals surface area contributed by atoms with Crippen molar-refractivity contribution in [2.75, 3.05) is 65.4 Å². The van der Waals surface area contributed by atoms with Crippen molar-refractivity contribution in [3.05, 3.63) is 72.3 Å². The zero-order chi connectivity index (χ0) is 25.1. The molecule has 7 nitrogen and oxygen atoms in total. The lowest BCUT2D eigenvalue weighted by molar-refractivity contribution is -0.141. The van der Waals surface area contributed by atoms with Crippen LogP contribution in [-0.4, -0.2) is 87.1 Å². The summed E-state index contributed by atoms with van der Waals surface area (Å²) in [6.07, 6.45) is 0.252. The predicted molar refractivity (Wildman–Crippen MR) is 146 cm³/mol. The molecule has 0 saturated carbocycles. The van der Waals surface area contributed by atoms with Crippen LogP contribution in [0.3, 0.4) is 0 Å². The molecule has 0 aromatic heterocycles. The van der Waals surface area contributed by atoms with Gasteiger partial charge in [-0.1, -0.05) is 48.5 Å². The van der Waals surface area contributed by atoms with Gasteiger partial charge in [-0.15, -0.1) is 0 Å². The van der Waals surface area contributed by atoms with Gasteiger partial charge in [0.1, 0.15) is 0 Å². The number of rotatable bonds is 6. The van der Waals surface area contributed by atoms with Gasteiger partial charge in [0.2, 0.25) is 5.96 Å². The van der Waals surface area contributed by atoms with Crippen LogP contribution < -0.4 is 4.90 Å². The van der Waals surface area contributed by atoms with Crippen molar-refractivity contribution in [1.82, 2.24) is 14.7 Å². The number of ether oxygens (including phenoxy) is 1. The molecule has 0 N–H and O–H groups in total. The summed E-state index contributed by atoms with van der Waals surface area (Å²) in [5.74, 6) is 0.681. The molecule has 2 aliphatic rings. The molecule has 188 valence electrons. The number of para-hydroxylation sites is 1. The van der Waals surface area contributed by atoms with E-state index in [1.165, 1.54) is 17.9 Å². The fourth-order valence-corrected chi connectivity index (χ4v) is 5.11. The Bertz CT molecular complexity index is 1250. The van der Waals surface area contributed by atoms with E-state index in [1.807, 2.05) is 18.2 Å². The first kappa shape index (κ1) is 24.3. The largest absolute Gasteiger partial charge is 0.469 e. The Labute approximate surface area is 213 Å². The molecule has 1 fully saturated rings. The van der Waals surface area contributed by atoms with Gasteiger partial charge in [0.25, 0.3) is 0 Å². The summed E-state index contributed by atoms with van der Waals surface area (Å²) >= 11 is 0. The van der Waals surface area contributed by atoms with Gasteiger partial charge >= 0.3 is 5.97 Å². The number of aliphatic imine (C=N–C) groups is 1. The Hall–Kier alpha value is -3.42. The lowest BCUT2D eigenvalue weighted by Crippen LogP contribution is -2.55. The van der Waals surface area contributed by atoms with E-state index in [4.69, 9.17) is 9.73 Å². The van der Waals surface area contributed by atoms with E-state index >= 15 is 0 Å². The first-order valence-corrected chi connectivity index (χ1v) is 12.7. The summed E-state index contributed by atoms with van der Waals surface area (Å²) in [5.41, 5.74) is 3.00. The van der Waals surface area contributed by atoms with Crippen LogP contribution >= 0.6 is 0 Å². The van der Waals surface area contributed by atoms with Crippen LogP contribution in [0.2, 0.25) is 0 Å². The number of piperazine rings is 1. The lowest BCUT2D eigenvalue weighted by atomic mass is 9.97. The van der Waals surface area contributed by atoms with Crippen LogP contribution in [-0.2, 0) is 9.53 Å². The van der Waals surface area contributed by atoms with Crippen molar-refractivity contribution in [1.29, 1.82) is 0 Å². The maximum Gasteiger partial charge on any atom is 0.307 e. The molecule has 36 heavy (non-hydrogen) atoms. The quantitative estimate of drug-likeness (QED) is 0.490. The minimum absolute atomic E-state index is 0.200. The van der Waals surface area contributed by atoms with Gasteiger partial charge in [0.15, 0.2) is 0 Å². The first-order valence-electron chi connectivity index (χ1n) is 12.7. The molecule has 1 unspecified atom stereocenters. The average molecular weight is 486 g/mol. The number of hydrogen-bond donors (Lipinski definition) is 0. The van der Waals surface area contributed by atoms with Crippen LogP contribution in [0.1, 0.15) is 18.0 Å². The predicted octanol–water partition coefficient (Wildman–Crippen LogP) is 4.13. The molecule has 3 aromatic rings. The highest BCUT2D eigenvalue weighted by atomic mass is 16.5. The van der Waals surface area contributed by atoms with Gasteiger partial charge < -0.3 is 19.4 Å². The van der Waals surface area contributed by atoms with Gasteiger partial charge in [-0.05, 0) is 43.1 Å². The summed E-state index contributed by atoms with van der Waals surface area (Å²) < 4.78 is 5.13. The Kier molecular flexibility index (Phi) is 7.20. The molecular weight excluding hydrogens is 450 g/mol. The summed E-state index contributed by atoms with van der Waals surface area (Å²) in [6.45, 7) is 5.88. The number of methoxy groups -OCH3 is 1. The number of carbonyl (C=O) groups is 1. The van der Waals surface area contributed by atoms with Gasteiger partial charge in [0.05, 0.1) is 25.3 Å². The zero-order valence-electron chi connectivity index (χ0n) is 21.4. The molecule has 0 spiro atoms. The zero-order valence-corrected chi connectivity index (χ0v) is 21.4. The number of esters is 1. The fraction of sp³-hybridized carbons (Fsp3) is 0.379. The van der Waals surface area contributed by atoms with Crippen molar-refractivity contribution in [2.45, 2.75) is 12.5 Å². The van der Waals surface area contributed by atoms with Crippen molar-refractivity contribution in [3.8, 4) is 0 Å². The summed E-state index contributed by atoms with van der Waals surface area (Å²) in [7, 11) is 5.69. The molecule has 1 atom stereocenters. The molecule has 0 radical (unpaired) electrons. The summed E-state index contributed by atoms with van der Waals surface area (Å²) in [5, 5.41) is 2.36. The second-order valence-corrected chi connectivity index (χ2v) is 9.80. The van der Waals surface area contributed by atoms with E-state index in [1.54, 1.807) is 0 Å². The molecule has 1 saturated heterocycles. The number of nitrogens with zero attached hydrogens (tertiary/aromatic N) is 5. The van der Waals surface area contributed by atoms with Gasteiger partial charge in [0, 0.05) is 50.5 Å². The van der Waals surface area contributed by atoms with E-state index in [0.717, 1.165) is 62.2 Å². The van der Waals surface area contributed by atoms with Crippen LogP contribution in [0.25, 0.3) is 10.8 Å². The number of guanidine groups is 1. The second-order valence-electron chi connectivity index (χ2n) is 9.80. The monoisotopic (exact) mass is 485 g/mol. The van der Waals surface area contributed by atoms with Gasteiger partial charge in [-0.3, -0.25) is 9.69 Å². The van der Waals surface area contributed by atoms with Crippen LogP contribution in [0.4, 0.5) is 11.4 Å². The maximum atomic E-state index is 12.6. The fourth-order valence-electron chi connectivity index (χ4n) is 5.11. The van der Waals surface area contributed by atoms with Crippen molar-refractivity contribution < 1.29 is 9.53 Å². The molecule has 2 aliphatic heterocycles. The summed E-state index contributed by atoms with van der Waals surface area (Å²) in [4.78, 5) is 27.2. The van der Waals surface area contributed by atoms with Crippen molar-refractivity contribution in [2.24, 2.45) is 4.99 Å². The highest BCUT2D eigenvalue weighted by Crippen LogP contribution is 2.41. The standard InChI is InChI=1S/C29H35N5O2/c1-31(2)14-15-32-16-18-33(19-17-32)29-30-26-11-7-6-10-25(26)27(21-28(35)36-3)34(29)24-13-12-22-8-4-5-9-23(22)20-24/h4-13,20,27H,14-19,21H2,1-3H3. The number of carbonyl (C=O) groups excluding carboxylic acids is 1. The number of hydrogen-bond acceptors (Lipinski definition) is 7. The van der Waals surface area contributed by atoms with Gasteiger partial charge in [-0.25, -0.2) is 4.99 Å². The molecule has 0 amide bonds. The Morgan fingerprint density at radius 3 is 2.44 bits per heavy atom. The minimum atomic E-state index is -0.227. The third-order valence-corrected chi connectivity index (χ3v) is 7.16. The molecule has 5 rings (SSSR count). The number of benzene rings is 3. The molecule has 7 heteroatoms. The second kappa shape index (κ2) is 10.7. The maximum absolute atomic E-state index is 12.6. The van der Waals surface area contributed by atoms with E-state index in [-0.39, 0.29) is 18.4 Å². The molecule has 3 aromatic carbocycles. The lowest BCUT2D eigenvalue weighted by Gasteiger charge is -2.45. The van der Waals surface area contributed by atoms with Crippen LogP contribution in [0.15, 0.2) is 71.7 Å². The SMILES string of the molecule is COC(=O)CC1c2ccccc2N=C(N2CCN(CCN(C)C)CC2)N1c1ccc2ccccc2c1. The number of fused-ring (bicyclic) bond motifs is 2. The topological polar surface area (TPSA) is 51.6 Å². The smallest absolute Gasteiger partial charge is 0.307 e. The van der Waals surface area contributed by atoms with E-state index in [0.29, 0.717) is 0 Å². The Morgan fingerprint density at radius 1 is 0.972 bits per heavy atom. The van der Waals surface area contributed by atoms with E-state index < -0.39 is 0 Å². The highest BCUT2D eigenvalue weighted by molar-refractivity contribution is 6.02. The Balaban J connectivity index is 1.53. The van der Waals surface area contributed by atoms with E-state index in [9.17, 15) is 4.79 Å². The third kappa shape index (κ3) is 5.08. The van der Waals surface area contributed by atoms with Gasteiger partial charge in [-0.2, -0.15) is 0 Å². The molecule has 0 bridgehead atoms. The minimum Gasteiger partial charge on any atom is -0.469 e. The molecule has 0 aliphatic carbocycles. The summed E-state index contributed by atoms with van der Waals surface area (Å²) in [6, 6.07) is 22.8. The first-order chi connectivity index (χ1) is 17.5. The number of anilines is 1. The van der Waals surface area contributed by atoms with Crippen LogP contribution in [0, 0.1) is 0 Å². The Morgan fingerprint density at radius 2 is 1.69 bits per heavy atom. The third-order valence-electron chi connectivity index (χ3n) is 7.16. The van der Waals surface area contributed by atoms with E-state index in [2.05, 4.69) is 82.2 Å². The number of likely N-dealkylation sites (N-methyl/N-ethyl adjacent to an activating group) is 1. The van der Waals surface area contributed by atoms with Crippen molar-refractivity contribution >= 4 is 34.1 Å². The molecule has 2 heterocycles. The molecular formula is C29H35N5O2.